The number of nitrogens with one attached hydrogen (secondary N) is 2. The Morgan fingerprint density at radius 3 is 2.47 bits per heavy atom. The molecule has 0 aromatic heterocycles. The SMILES string of the molecule is Cc1ccccc1C(=O)Nc1cc(S(=O)(=O)NC2CCCCC2)cc2c1CCCC2. The van der Waals surface area contributed by atoms with Crippen LogP contribution in [0.5, 0.6) is 0 Å². The highest BCUT2D eigenvalue weighted by molar-refractivity contribution is 7.89. The van der Waals surface area contributed by atoms with Crippen molar-refractivity contribution in [3.05, 3.63) is 58.7 Å². The summed E-state index contributed by atoms with van der Waals surface area (Å²) in [5.41, 5.74) is 4.24. The van der Waals surface area contributed by atoms with E-state index in [2.05, 4.69) is 10.0 Å². The van der Waals surface area contributed by atoms with Crippen LogP contribution in [0.3, 0.4) is 0 Å². The first-order valence-electron chi connectivity index (χ1n) is 11.0. The Labute approximate surface area is 179 Å². The van der Waals surface area contributed by atoms with E-state index in [1.165, 1.54) is 6.42 Å². The first-order chi connectivity index (χ1) is 14.4. The zero-order valence-electron chi connectivity index (χ0n) is 17.5. The van der Waals surface area contributed by atoms with Crippen molar-refractivity contribution in [1.82, 2.24) is 4.72 Å². The molecule has 0 radical (unpaired) electrons. The maximum atomic E-state index is 13.1. The van der Waals surface area contributed by atoms with Gasteiger partial charge in [0.15, 0.2) is 0 Å². The number of rotatable bonds is 5. The summed E-state index contributed by atoms with van der Waals surface area (Å²) < 4.78 is 29.1. The largest absolute Gasteiger partial charge is 0.322 e. The predicted octanol–water partition coefficient (Wildman–Crippen LogP) is 4.74. The molecule has 0 bridgehead atoms. The van der Waals surface area contributed by atoms with Crippen LogP contribution in [0.4, 0.5) is 5.69 Å². The molecule has 160 valence electrons. The molecule has 2 N–H and O–H groups in total. The van der Waals surface area contributed by atoms with E-state index in [1.807, 2.05) is 31.2 Å². The Morgan fingerprint density at radius 2 is 1.70 bits per heavy atom. The van der Waals surface area contributed by atoms with Gasteiger partial charge in [-0.25, -0.2) is 13.1 Å². The molecule has 1 fully saturated rings. The lowest BCUT2D eigenvalue weighted by Gasteiger charge is -2.25. The standard InChI is InChI=1S/C24H30N2O3S/c1-17-9-5-7-13-21(17)24(27)25-23-16-20(15-18-10-6-8-14-22(18)23)30(28,29)26-19-11-3-2-4-12-19/h5,7,9,13,15-16,19,26H,2-4,6,8,10-12,14H2,1H3,(H,25,27). The average Bonchev–Trinajstić information content (AvgIpc) is 2.74. The molecule has 1 amide bonds. The fourth-order valence-electron chi connectivity index (χ4n) is 4.63. The number of carbonyl (C=O) groups excluding carboxylic acids is 1. The Kier molecular flexibility index (Phi) is 6.25. The summed E-state index contributed by atoms with van der Waals surface area (Å²) in [4.78, 5) is 13.2. The predicted molar refractivity (Wildman–Crippen MR) is 119 cm³/mol. The molecule has 0 saturated heterocycles. The quantitative estimate of drug-likeness (QED) is 0.725. The maximum absolute atomic E-state index is 13.1. The second kappa shape index (κ2) is 8.90. The number of carbonyl (C=O) groups is 1. The van der Waals surface area contributed by atoms with Crippen molar-refractivity contribution in [2.24, 2.45) is 0 Å². The highest BCUT2D eigenvalue weighted by Gasteiger charge is 2.25. The van der Waals surface area contributed by atoms with Crippen molar-refractivity contribution < 1.29 is 13.2 Å². The lowest BCUT2D eigenvalue weighted by Crippen LogP contribution is -2.36. The van der Waals surface area contributed by atoms with E-state index < -0.39 is 10.0 Å². The van der Waals surface area contributed by atoms with Crippen LogP contribution >= 0.6 is 0 Å². The maximum Gasteiger partial charge on any atom is 0.255 e. The van der Waals surface area contributed by atoms with Gasteiger partial charge in [0.25, 0.3) is 5.91 Å². The van der Waals surface area contributed by atoms with E-state index in [0.717, 1.165) is 68.1 Å². The van der Waals surface area contributed by atoms with Gasteiger partial charge in [-0.05, 0) is 80.3 Å². The van der Waals surface area contributed by atoms with Crippen LogP contribution < -0.4 is 10.0 Å². The molecule has 0 atom stereocenters. The van der Waals surface area contributed by atoms with Crippen molar-refractivity contribution in [3.8, 4) is 0 Å². The number of anilines is 1. The van der Waals surface area contributed by atoms with Gasteiger partial charge in [0.1, 0.15) is 0 Å². The van der Waals surface area contributed by atoms with Crippen molar-refractivity contribution >= 4 is 21.6 Å². The number of benzene rings is 2. The number of amides is 1. The smallest absolute Gasteiger partial charge is 0.255 e. The summed E-state index contributed by atoms with van der Waals surface area (Å²) in [6, 6.07) is 10.9. The summed E-state index contributed by atoms with van der Waals surface area (Å²) in [5, 5.41) is 3.01. The van der Waals surface area contributed by atoms with Gasteiger partial charge in [-0.2, -0.15) is 0 Å². The van der Waals surface area contributed by atoms with E-state index in [9.17, 15) is 13.2 Å². The van der Waals surface area contributed by atoms with Crippen LogP contribution in [0.1, 0.15) is 72.0 Å². The number of hydrogen-bond donors (Lipinski definition) is 2. The van der Waals surface area contributed by atoms with Crippen LogP contribution in [-0.2, 0) is 22.9 Å². The van der Waals surface area contributed by atoms with Gasteiger partial charge < -0.3 is 5.32 Å². The number of hydrogen-bond acceptors (Lipinski definition) is 3. The topological polar surface area (TPSA) is 75.3 Å². The molecule has 2 aromatic rings. The molecule has 0 aliphatic heterocycles. The average molecular weight is 427 g/mol. The van der Waals surface area contributed by atoms with Gasteiger partial charge in [-0.1, -0.05) is 37.5 Å². The van der Waals surface area contributed by atoms with Crippen LogP contribution in [0.15, 0.2) is 41.3 Å². The number of aryl methyl sites for hydroxylation is 2. The minimum Gasteiger partial charge on any atom is -0.322 e. The van der Waals surface area contributed by atoms with Crippen LogP contribution in [0.2, 0.25) is 0 Å². The van der Waals surface area contributed by atoms with Crippen molar-refractivity contribution in [1.29, 1.82) is 0 Å². The van der Waals surface area contributed by atoms with Gasteiger partial charge in [0, 0.05) is 17.3 Å². The summed E-state index contributed by atoms with van der Waals surface area (Å²) in [6.07, 6.45) is 8.87. The van der Waals surface area contributed by atoms with E-state index in [0.29, 0.717) is 11.3 Å². The van der Waals surface area contributed by atoms with Crippen LogP contribution in [0, 0.1) is 6.92 Å². The van der Waals surface area contributed by atoms with E-state index in [1.54, 1.807) is 12.1 Å². The van der Waals surface area contributed by atoms with Crippen molar-refractivity contribution in [3.63, 3.8) is 0 Å². The Hall–Kier alpha value is -2.18. The lowest BCUT2D eigenvalue weighted by atomic mass is 9.90. The molecule has 0 unspecified atom stereocenters. The van der Waals surface area contributed by atoms with Gasteiger partial charge in [-0.3, -0.25) is 4.79 Å². The molecule has 0 spiro atoms. The van der Waals surface area contributed by atoms with E-state index in [-0.39, 0.29) is 16.8 Å². The molecular weight excluding hydrogens is 396 g/mol. The summed E-state index contributed by atoms with van der Waals surface area (Å²) in [7, 11) is -3.63. The molecule has 0 heterocycles. The molecule has 30 heavy (non-hydrogen) atoms. The normalized spacial score (nSPS) is 17.4. The Balaban J connectivity index is 1.66. The third-order valence-electron chi connectivity index (χ3n) is 6.31. The highest BCUT2D eigenvalue weighted by Crippen LogP contribution is 2.32. The monoisotopic (exact) mass is 426 g/mol. The number of sulfonamides is 1. The lowest BCUT2D eigenvalue weighted by molar-refractivity contribution is 0.102. The zero-order valence-corrected chi connectivity index (χ0v) is 18.4. The second-order valence-electron chi connectivity index (χ2n) is 8.54. The summed E-state index contributed by atoms with van der Waals surface area (Å²) in [6.45, 7) is 1.90. The fourth-order valence-corrected chi connectivity index (χ4v) is 6.01. The third-order valence-corrected chi connectivity index (χ3v) is 7.81. The van der Waals surface area contributed by atoms with Crippen LogP contribution in [0.25, 0.3) is 0 Å². The minimum atomic E-state index is -3.63. The Morgan fingerprint density at radius 1 is 0.967 bits per heavy atom. The minimum absolute atomic E-state index is 0.00444. The second-order valence-corrected chi connectivity index (χ2v) is 10.3. The van der Waals surface area contributed by atoms with Crippen molar-refractivity contribution in [2.45, 2.75) is 75.6 Å². The van der Waals surface area contributed by atoms with Gasteiger partial charge in [0.05, 0.1) is 4.90 Å². The molecule has 6 heteroatoms. The first-order valence-corrected chi connectivity index (χ1v) is 12.5. The van der Waals surface area contributed by atoms with E-state index in [4.69, 9.17) is 0 Å². The summed E-state index contributed by atoms with van der Waals surface area (Å²) in [5.74, 6) is -0.198. The third kappa shape index (κ3) is 4.60. The van der Waals surface area contributed by atoms with Gasteiger partial charge in [-0.15, -0.1) is 0 Å². The highest BCUT2D eigenvalue weighted by atomic mass is 32.2. The van der Waals surface area contributed by atoms with Crippen LogP contribution in [-0.4, -0.2) is 20.4 Å². The molecule has 2 aliphatic carbocycles. The van der Waals surface area contributed by atoms with Gasteiger partial charge >= 0.3 is 0 Å². The van der Waals surface area contributed by atoms with Crippen molar-refractivity contribution in [2.75, 3.05) is 5.32 Å². The fraction of sp³-hybridized carbons (Fsp3) is 0.458. The Bertz CT molecular complexity index is 1040. The summed E-state index contributed by atoms with van der Waals surface area (Å²) >= 11 is 0. The molecular formula is C24H30N2O3S. The molecule has 5 nitrogen and oxygen atoms in total. The molecule has 1 saturated carbocycles. The molecule has 2 aromatic carbocycles. The molecule has 4 rings (SSSR count). The molecule has 2 aliphatic rings. The first kappa shape index (κ1) is 21.1. The van der Waals surface area contributed by atoms with E-state index >= 15 is 0 Å². The zero-order chi connectivity index (χ0) is 21.1. The number of fused-ring (bicyclic) bond motifs is 1. The van der Waals surface area contributed by atoms with Gasteiger partial charge in [0.2, 0.25) is 10.0 Å².